The Morgan fingerprint density at radius 2 is 2.04 bits per heavy atom. The first-order valence-electron chi connectivity index (χ1n) is 7.16. The molecule has 23 heavy (non-hydrogen) atoms. The largest absolute Gasteiger partial charge is 0.349 e. The van der Waals surface area contributed by atoms with Gasteiger partial charge in [0.15, 0.2) is 0 Å². The molecule has 0 aliphatic carbocycles. The Morgan fingerprint density at radius 3 is 2.87 bits per heavy atom. The molecule has 6 heteroatoms. The Kier molecular flexibility index (Phi) is 3.01. The van der Waals surface area contributed by atoms with Gasteiger partial charge in [-0.1, -0.05) is 11.6 Å². The number of pyridine rings is 1. The monoisotopic (exact) mass is 303 g/mol. The number of aryl methyl sites for hydroxylation is 1. The van der Waals surface area contributed by atoms with Crippen LogP contribution < -0.4 is 5.56 Å². The van der Waals surface area contributed by atoms with Crippen LogP contribution in [0.15, 0.2) is 58.9 Å². The number of nitrogens with zero attached hydrogens (tertiary/aromatic N) is 4. The molecule has 0 unspecified atom stereocenters. The highest BCUT2D eigenvalue weighted by atomic mass is 16.1. The summed E-state index contributed by atoms with van der Waals surface area (Å²) in [7, 11) is 0. The molecule has 0 atom stereocenters. The van der Waals surface area contributed by atoms with Gasteiger partial charge in [-0.25, -0.2) is 4.98 Å². The molecule has 4 aromatic rings. The molecule has 0 aliphatic heterocycles. The summed E-state index contributed by atoms with van der Waals surface area (Å²) in [6.07, 6.45) is 6.39. The number of hydrogen-bond acceptors (Lipinski definition) is 4. The van der Waals surface area contributed by atoms with E-state index >= 15 is 0 Å². The normalized spacial score (nSPS) is 11.7. The Bertz CT molecular complexity index is 1090. The fourth-order valence-electron chi connectivity index (χ4n) is 2.52. The summed E-state index contributed by atoms with van der Waals surface area (Å²) in [5.41, 5.74) is 3.78. The van der Waals surface area contributed by atoms with Crippen LogP contribution in [-0.4, -0.2) is 25.8 Å². The van der Waals surface area contributed by atoms with Crippen molar-refractivity contribution in [1.29, 1.82) is 0 Å². The highest BCUT2D eigenvalue weighted by Gasteiger charge is 2.10. The zero-order chi connectivity index (χ0) is 15.8. The van der Waals surface area contributed by atoms with Crippen molar-refractivity contribution >= 4 is 28.2 Å². The summed E-state index contributed by atoms with van der Waals surface area (Å²) in [5.74, 6) is 0. The zero-order valence-corrected chi connectivity index (χ0v) is 12.4. The molecule has 4 rings (SSSR count). The Hall–Kier alpha value is -3.28. The lowest BCUT2D eigenvalue weighted by Gasteiger charge is -1.97. The van der Waals surface area contributed by atoms with Gasteiger partial charge >= 0.3 is 0 Å². The average molecular weight is 303 g/mol. The van der Waals surface area contributed by atoms with Gasteiger partial charge < -0.3 is 4.98 Å². The molecule has 0 fully saturated rings. The maximum absolute atomic E-state index is 12.6. The molecule has 3 heterocycles. The van der Waals surface area contributed by atoms with E-state index in [2.05, 4.69) is 20.1 Å². The van der Waals surface area contributed by atoms with Crippen molar-refractivity contribution in [2.45, 2.75) is 6.92 Å². The van der Waals surface area contributed by atoms with Crippen LogP contribution in [0.3, 0.4) is 0 Å². The number of H-pyrrole nitrogens is 1. The van der Waals surface area contributed by atoms with E-state index in [0.29, 0.717) is 11.0 Å². The van der Waals surface area contributed by atoms with Gasteiger partial charge in [0, 0.05) is 23.3 Å². The molecule has 112 valence electrons. The third-order valence-electron chi connectivity index (χ3n) is 3.68. The van der Waals surface area contributed by atoms with Crippen LogP contribution in [-0.2, 0) is 0 Å². The molecule has 0 saturated carbocycles. The SMILES string of the molecule is Cc1ccc2[nH]c3c(=O)n(N=Cc4ccncc4)cnc3c2c1. The molecule has 1 aromatic carbocycles. The average Bonchev–Trinajstić information content (AvgIpc) is 2.94. The van der Waals surface area contributed by atoms with Crippen LogP contribution in [0.5, 0.6) is 0 Å². The number of nitrogens with one attached hydrogen (secondary N) is 1. The van der Waals surface area contributed by atoms with Gasteiger partial charge in [-0.3, -0.25) is 9.78 Å². The van der Waals surface area contributed by atoms with Crippen LogP contribution in [0, 0.1) is 6.92 Å². The van der Waals surface area contributed by atoms with Crippen LogP contribution in [0.25, 0.3) is 21.9 Å². The van der Waals surface area contributed by atoms with E-state index in [1.165, 1.54) is 11.0 Å². The van der Waals surface area contributed by atoms with Crippen LogP contribution in [0.2, 0.25) is 0 Å². The predicted octanol–water partition coefficient (Wildman–Crippen LogP) is 2.46. The molecule has 0 radical (unpaired) electrons. The quantitative estimate of drug-likeness (QED) is 0.578. The highest BCUT2D eigenvalue weighted by Crippen LogP contribution is 2.22. The van der Waals surface area contributed by atoms with E-state index in [4.69, 9.17) is 0 Å². The fraction of sp³-hybridized carbons (Fsp3) is 0.0588. The third kappa shape index (κ3) is 2.30. The minimum Gasteiger partial charge on any atom is -0.349 e. The summed E-state index contributed by atoms with van der Waals surface area (Å²) < 4.78 is 1.23. The molecule has 0 saturated heterocycles. The minimum absolute atomic E-state index is 0.228. The number of aromatic nitrogens is 4. The molecule has 3 aromatic heterocycles. The molecular weight excluding hydrogens is 290 g/mol. The first-order valence-corrected chi connectivity index (χ1v) is 7.16. The molecule has 0 aliphatic rings. The maximum Gasteiger partial charge on any atom is 0.298 e. The van der Waals surface area contributed by atoms with Crippen molar-refractivity contribution in [3.05, 3.63) is 70.5 Å². The molecule has 1 N–H and O–H groups in total. The minimum atomic E-state index is -0.228. The second-order valence-corrected chi connectivity index (χ2v) is 5.32. The highest BCUT2D eigenvalue weighted by molar-refractivity contribution is 6.04. The van der Waals surface area contributed by atoms with Crippen molar-refractivity contribution in [3.8, 4) is 0 Å². The fourth-order valence-corrected chi connectivity index (χ4v) is 2.52. The second kappa shape index (κ2) is 5.17. The van der Waals surface area contributed by atoms with E-state index in [1.807, 2.05) is 37.3 Å². The van der Waals surface area contributed by atoms with Crippen molar-refractivity contribution < 1.29 is 0 Å². The van der Waals surface area contributed by atoms with Gasteiger partial charge in [0.25, 0.3) is 5.56 Å². The summed E-state index contributed by atoms with van der Waals surface area (Å²) in [6, 6.07) is 9.60. The molecule has 6 nitrogen and oxygen atoms in total. The predicted molar refractivity (Wildman–Crippen MR) is 89.8 cm³/mol. The summed E-state index contributed by atoms with van der Waals surface area (Å²) in [4.78, 5) is 24.0. The first-order chi connectivity index (χ1) is 11.2. The van der Waals surface area contributed by atoms with E-state index in [0.717, 1.165) is 22.0 Å². The Balaban J connectivity index is 1.87. The number of rotatable bonds is 2. The topological polar surface area (TPSA) is 75.9 Å². The van der Waals surface area contributed by atoms with Gasteiger partial charge in [-0.15, -0.1) is 0 Å². The summed E-state index contributed by atoms with van der Waals surface area (Å²) in [5, 5.41) is 5.13. The van der Waals surface area contributed by atoms with Gasteiger partial charge in [0.05, 0.1) is 6.21 Å². The van der Waals surface area contributed by atoms with E-state index < -0.39 is 0 Å². The van der Waals surface area contributed by atoms with Crippen molar-refractivity contribution in [2.75, 3.05) is 0 Å². The number of fused-ring (bicyclic) bond motifs is 3. The van der Waals surface area contributed by atoms with Gasteiger partial charge in [-0.05, 0) is 36.8 Å². The van der Waals surface area contributed by atoms with E-state index in [9.17, 15) is 4.79 Å². The lowest BCUT2D eigenvalue weighted by molar-refractivity contribution is 0.815. The van der Waals surface area contributed by atoms with E-state index in [1.54, 1.807) is 18.6 Å². The smallest absolute Gasteiger partial charge is 0.298 e. The number of benzene rings is 1. The Labute approximate surface area is 131 Å². The standard InChI is InChI=1S/C17H13N5O/c1-11-2-3-14-13(8-11)15-16(21-14)17(23)22(10-19-15)20-9-12-4-6-18-7-5-12/h2-10,21H,1H3. The first kappa shape index (κ1) is 13.4. The molecule has 0 spiro atoms. The maximum atomic E-state index is 12.6. The van der Waals surface area contributed by atoms with Crippen molar-refractivity contribution in [3.63, 3.8) is 0 Å². The zero-order valence-electron chi connectivity index (χ0n) is 12.4. The van der Waals surface area contributed by atoms with Crippen molar-refractivity contribution in [1.82, 2.24) is 19.6 Å². The van der Waals surface area contributed by atoms with Crippen LogP contribution in [0.4, 0.5) is 0 Å². The molecular formula is C17H13N5O. The van der Waals surface area contributed by atoms with Gasteiger partial charge in [-0.2, -0.15) is 9.78 Å². The number of hydrogen-bond donors (Lipinski definition) is 1. The lowest BCUT2D eigenvalue weighted by atomic mass is 10.2. The van der Waals surface area contributed by atoms with Crippen LogP contribution >= 0.6 is 0 Å². The van der Waals surface area contributed by atoms with Crippen molar-refractivity contribution in [2.24, 2.45) is 5.10 Å². The molecule has 0 amide bonds. The third-order valence-corrected chi connectivity index (χ3v) is 3.68. The second-order valence-electron chi connectivity index (χ2n) is 5.32. The lowest BCUT2D eigenvalue weighted by Crippen LogP contribution is -2.17. The van der Waals surface area contributed by atoms with Gasteiger partial charge in [0.2, 0.25) is 0 Å². The summed E-state index contributed by atoms with van der Waals surface area (Å²) >= 11 is 0. The summed E-state index contributed by atoms with van der Waals surface area (Å²) in [6.45, 7) is 2.01. The Morgan fingerprint density at radius 1 is 1.22 bits per heavy atom. The van der Waals surface area contributed by atoms with E-state index in [-0.39, 0.29) is 5.56 Å². The number of aromatic amines is 1. The van der Waals surface area contributed by atoms with Gasteiger partial charge in [0.1, 0.15) is 17.4 Å². The molecule has 0 bridgehead atoms. The van der Waals surface area contributed by atoms with Crippen LogP contribution in [0.1, 0.15) is 11.1 Å².